The van der Waals surface area contributed by atoms with Gasteiger partial charge >= 0.3 is 0 Å². The van der Waals surface area contributed by atoms with Gasteiger partial charge in [-0.3, -0.25) is 9.48 Å². The van der Waals surface area contributed by atoms with Crippen LogP contribution in [-0.2, 0) is 12.2 Å². The monoisotopic (exact) mass is 210 g/mol. The van der Waals surface area contributed by atoms with Gasteiger partial charge in [-0.25, -0.2) is 0 Å². The number of fused-ring (bicyclic) bond motifs is 1. The summed E-state index contributed by atoms with van der Waals surface area (Å²) in [7, 11) is 0. The number of thioether (sulfide) groups is 1. The zero-order chi connectivity index (χ0) is 10.1. The van der Waals surface area contributed by atoms with E-state index < -0.39 is 0 Å². The van der Waals surface area contributed by atoms with Crippen LogP contribution in [-0.4, -0.2) is 21.8 Å². The highest BCUT2D eigenvalue weighted by atomic mass is 32.2. The van der Waals surface area contributed by atoms with Crippen molar-refractivity contribution in [3.63, 3.8) is 0 Å². The summed E-state index contributed by atoms with van der Waals surface area (Å²) in [4.78, 5) is 11.0. The smallest absolute Gasteiger partial charge is 0.168 e. The van der Waals surface area contributed by atoms with Crippen LogP contribution in [0.1, 0.15) is 41.6 Å². The maximum Gasteiger partial charge on any atom is 0.168 e. The summed E-state index contributed by atoms with van der Waals surface area (Å²) in [6, 6.07) is 0.269. The number of aromatic nitrogens is 2. The normalized spacial score (nSPS) is 15.6. The molecule has 0 saturated heterocycles. The van der Waals surface area contributed by atoms with Crippen molar-refractivity contribution in [3.8, 4) is 0 Å². The summed E-state index contributed by atoms with van der Waals surface area (Å²) >= 11 is 1.89. The second-order valence-corrected chi connectivity index (χ2v) is 4.87. The minimum atomic E-state index is 0.269. The van der Waals surface area contributed by atoms with Crippen LogP contribution in [0.25, 0.3) is 0 Å². The predicted molar refractivity (Wildman–Crippen MR) is 57.9 cm³/mol. The molecule has 0 radical (unpaired) electrons. The van der Waals surface area contributed by atoms with Crippen LogP contribution in [0.15, 0.2) is 0 Å². The minimum Gasteiger partial charge on any atom is -0.296 e. The molecule has 0 unspecified atom stereocenters. The lowest BCUT2D eigenvalue weighted by atomic mass is 10.1. The highest BCUT2D eigenvalue weighted by molar-refractivity contribution is 7.98. The summed E-state index contributed by atoms with van der Waals surface area (Å²) in [6.45, 7) is 4.11. The average molecular weight is 210 g/mol. The maximum atomic E-state index is 11.0. The SMILES string of the molecule is CC(C)n1nc2c(c1C=O)CCSC2. The molecule has 0 spiro atoms. The second kappa shape index (κ2) is 3.77. The minimum absolute atomic E-state index is 0.269. The van der Waals surface area contributed by atoms with E-state index in [0.29, 0.717) is 0 Å². The van der Waals surface area contributed by atoms with E-state index in [1.165, 1.54) is 5.56 Å². The fourth-order valence-corrected chi connectivity index (χ4v) is 2.70. The first-order chi connectivity index (χ1) is 6.74. The van der Waals surface area contributed by atoms with E-state index in [0.717, 1.165) is 35.6 Å². The first kappa shape index (κ1) is 9.77. The van der Waals surface area contributed by atoms with E-state index in [9.17, 15) is 4.79 Å². The molecule has 2 rings (SSSR count). The Labute approximate surface area is 87.9 Å². The Morgan fingerprint density at radius 3 is 3.00 bits per heavy atom. The van der Waals surface area contributed by atoms with Crippen LogP contribution < -0.4 is 0 Å². The van der Waals surface area contributed by atoms with Crippen molar-refractivity contribution in [2.45, 2.75) is 32.1 Å². The lowest BCUT2D eigenvalue weighted by molar-refractivity contribution is 0.111. The third-order valence-electron chi connectivity index (χ3n) is 2.47. The Morgan fingerprint density at radius 2 is 2.36 bits per heavy atom. The van der Waals surface area contributed by atoms with Crippen LogP contribution in [0.5, 0.6) is 0 Å². The molecule has 1 aliphatic heterocycles. The number of rotatable bonds is 2. The summed E-state index contributed by atoms with van der Waals surface area (Å²) in [5.41, 5.74) is 3.07. The average Bonchev–Trinajstić information content (AvgIpc) is 2.56. The molecule has 0 aromatic carbocycles. The number of carbonyl (C=O) groups is 1. The van der Waals surface area contributed by atoms with Gasteiger partial charge in [0.25, 0.3) is 0 Å². The molecule has 76 valence electrons. The Hall–Kier alpha value is -0.770. The van der Waals surface area contributed by atoms with Gasteiger partial charge in [0.2, 0.25) is 0 Å². The number of hydrogen-bond acceptors (Lipinski definition) is 3. The number of carbonyl (C=O) groups excluding carboxylic acids is 1. The summed E-state index contributed by atoms with van der Waals surface area (Å²) in [6.07, 6.45) is 1.93. The zero-order valence-electron chi connectivity index (χ0n) is 8.49. The molecule has 0 N–H and O–H groups in total. The van der Waals surface area contributed by atoms with E-state index >= 15 is 0 Å². The van der Waals surface area contributed by atoms with Crippen molar-refractivity contribution in [1.82, 2.24) is 9.78 Å². The van der Waals surface area contributed by atoms with Gasteiger partial charge in [0.05, 0.1) is 5.69 Å². The molecule has 0 fully saturated rings. The Bertz CT molecular complexity index is 357. The third kappa shape index (κ3) is 1.47. The van der Waals surface area contributed by atoms with Crippen LogP contribution in [0, 0.1) is 0 Å². The van der Waals surface area contributed by atoms with Gasteiger partial charge in [0.15, 0.2) is 6.29 Å². The lowest BCUT2D eigenvalue weighted by Gasteiger charge is -2.08. The van der Waals surface area contributed by atoms with Crippen molar-refractivity contribution >= 4 is 18.0 Å². The van der Waals surface area contributed by atoms with Gasteiger partial charge in [-0.1, -0.05) is 0 Å². The van der Waals surface area contributed by atoms with Crippen LogP contribution >= 0.6 is 11.8 Å². The zero-order valence-corrected chi connectivity index (χ0v) is 9.30. The Morgan fingerprint density at radius 1 is 1.57 bits per heavy atom. The Kier molecular flexibility index (Phi) is 2.63. The van der Waals surface area contributed by atoms with Gasteiger partial charge in [-0.15, -0.1) is 0 Å². The first-order valence-electron chi connectivity index (χ1n) is 4.87. The highest BCUT2D eigenvalue weighted by Crippen LogP contribution is 2.27. The van der Waals surface area contributed by atoms with Crippen molar-refractivity contribution < 1.29 is 4.79 Å². The fraction of sp³-hybridized carbons (Fsp3) is 0.600. The maximum absolute atomic E-state index is 11.0. The molecule has 1 aromatic rings. The molecule has 4 heteroatoms. The number of nitrogens with zero attached hydrogens (tertiary/aromatic N) is 2. The molecule has 1 aromatic heterocycles. The molecular formula is C10H14N2OS. The molecule has 2 heterocycles. The van der Waals surface area contributed by atoms with Gasteiger partial charge < -0.3 is 0 Å². The van der Waals surface area contributed by atoms with Crippen molar-refractivity contribution in [3.05, 3.63) is 17.0 Å². The highest BCUT2D eigenvalue weighted by Gasteiger charge is 2.21. The second-order valence-electron chi connectivity index (χ2n) is 3.77. The summed E-state index contributed by atoms with van der Waals surface area (Å²) < 4.78 is 1.85. The molecule has 0 aliphatic carbocycles. The molecule has 0 saturated carbocycles. The molecule has 1 aliphatic rings. The van der Waals surface area contributed by atoms with Gasteiger partial charge in [-0.05, 0) is 26.0 Å². The molecule has 0 amide bonds. The van der Waals surface area contributed by atoms with E-state index in [2.05, 4.69) is 18.9 Å². The van der Waals surface area contributed by atoms with Crippen molar-refractivity contribution in [1.29, 1.82) is 0 Å². The summed E-state index contributed by atoms with van der Waals surface area (Å²) in [5, 5.41) is 4.49. The predicted octanol–water partition coefficient (Wildman–Crippen LogP) is 2.07. The van der Waals surface area contributed by atoms with E-state index in [1.807, 2.05) is 16.4 Å². The lowest BCUT2D eigenvalue weighted by Crippen LogP contribution is -2.07. The van der Waals surface area contributed by atoms with Gasteiger partial charge in [0, 0.05) is 17.4 Å². The summed E-state index contributed by atoms with van der Waals surface area (Å²) in [5.74, 6) is 2.06. The quantitative estimate of drug-likeness (QED) is 0.701. The van der Waals surface area contributed by atoms with E-state index in [4.69, 9.17) is 0 Å². The third-order valence-corrected chi connectivity index (χ3v) is 3.44. The fourth-order valence-electron chi connectivity index (χ4n) is 1.78. The standard InChI is InChI=1S/C10H14N2OS/c1-7(2)12-10(5-13)8-3-4-14-6-9(8)11-12/h5,7H,3-4,6H2,1-2H3. The van der Waals surface area contributed by atoms with Crippen LogP contribution in [0.4, 0.5) is 0 Å². The molecule has 14 heavy (non-hydrogen) atoms. The largest absolute Gasteiger partial charge is 0.296 e. The van der Waals surface area contributed by atoms with E-state index in [-0.39, 0.29) is 6.04 Å². The Balaban J connectivity index is 2.51. The molecule has 0 atom stereocenters. The topological polar surface area (TPSA) is 34.9 Å². The van der Waals surface area contributed by atoms with Crippen LogP contribution in [0.3, 0.4) is 0 Å². The molecule has 0 bridgehead atoms. The van der Waals surface area contributed by atoms with Crippen molar-refractivity contribution in [2.24, 2.45) is 0 Å². The molecule has 3 nitrogen and oxygen atoms in total. The number of hydrogen-bond donors (Lipinski definition) is 0. The van der Waals surface area contributed by atoms with Gasteiger partial charge in [0.1, 0.15) is 5.69 Å². The van der Waals surface area contributed by atoms with Crippen molar-refractivity contribution in [2.75, 3.05) is 5.75 Å². The van der Waals surface area contributed by atoms with Crippen LogP contribution in [0.2, 0.25) is 0 Å². The van der Waals surface area contributed by atoms with Gasteiger partial charge in [-0.2, -0.15) is 16.9 Å². The first-order valence-corrected chi connectivity index (χ1v) is 6.02. The number of aldehydes is 1. The molecular weight excluding hydrogens is 196 g/mol. The van der Waals surface area contributed by atoms with E-state index in [1.54, 1.807) is 0 Å².